The van der Waals surface area contributed by atoms with Gasteiger partial charge in [0.05, 0.1) is 25.5 Å². The lowest BCUT2D eigenvalue weighted by molar-refractivity contribution is -0.130. The van der Waals surface area contributed by atoms with Crippen molar-refractivity contribution in [3.8, 4) is 22.6 Å². The van der Waals surface area contributed by atoms with Crippen LogP contribution in [0.1, 0.15) is 22.3 Å². The maximum atomic E-state index is 12.3. The van der Waals surface area contributed by atoms with E-state index in [1.165, 1.54) is 18.3 Å². The van der Waals surface area contributed by atoms with Gasteiger partial charge in [0.15, 0.2) is 0 Å². The number of benzene rings is 2. The van der Waals surface area contributed by atoms with Crippen molar-refractivity contribution in [3.63, 3.8) is 0 Å². The number of pyridine rings is 1. The number of halogens is 3. The molecule has 13 heteroatoms. The summed E-state index contributed by atoms with van der Waals surface area (Å²) in [5.41, 5.74) is 3.57. The zero-order valence-corrected chi connectivity index (χ0v) is 22.5. The van der Waals surface area contributed by atoms with Crippen LogP contribution in [0.5, 0.6) is 11.5 Å². The number of rotatable bonds is 9. The first kappa shape index (κ1) is 29.2. The molecule has 1 saturated heterocycles. The average molecular weight is 579 g/mol. The molecule has 0 spiro atoms. The number of methoxy groups -OCH3 is 1. The number of ether oxygens (including phenoxy) is 1. The van der Waals surface area contributed by atoms with Gasteiger partial charge < -0.3 is 14.7 Å². The molecule has 1 amide bonds. The van der Waals surface area contributed by atoms with Crippen LogP contribution >= 0.6 is 0 Å². The number of aromatic hydroxyl groups is 1. The van der Waals surface area contributed by atoms with Crippen molar-refractivity contribution in [2.45, 2.75) is 19.1 Å². The van der Waals surface area contributed by atoms with Gasteiger partial charge in [-0.15, -0.1) is 0 Å². The topological polar surface area (TPSA) is 112 Å². The number of carbonyl (C=O) groups excluding carboxylic acids is 1. The Kier molecular flexibility index (Phi) is 8.84. The van der Waals surface area contributed by atoms with Crippen LogP contribution in [0.4, 0.5) is 18.9 Å². The standard InChI is InChI=1S/C27H29F3N4O5S/c1-39-25-15-20(22-14-24(35)17-31-16-22)2-3-21(25)18-33-9-11-34(12-10-33)23-6-4-19(5-7-23)26(36)32-40(37,38)13-8-27(28,29)30/h2-7,14-17,35H,8-13,18H2,1H3,(H,32,36). The van der Waals surface area contributed by atoms with Gasteiger partial charge >= 0.3 is 6.18 Å². The number of hydrogen-bond donors (Lipinski definition) is 2. The van der Waals surface area contributed by atoms with Crippen molar-refractivity contribution < 1.29 is 36.2 Å². The number of sulfonamides is 1. The Bertz CT molecular complexity index is 1440. The Morgan fingerprint density at radius 2 is 1.73 bits per heavy atom. The van der Waals surface area contributed by atoms with E-state index in [-0.39, 0.29) is 11.3 Å². The molecule has 1 aromatic heterocycles. The summed E-state index contributed by atoms with van der Waals surface area (Å²) in [6.45, 7) is 3.64. The Hall–Kier alpha value is -3.84. The second kappa shape index (κ2) is 12.1. The molecule has 9 nitrogen and oxygen atoms in total. The molecule has 1 aliphatic rings. The monoisotopic (exact) mass is 578 g/mol. The van der Waals surface area contributed by atoms with Gasteiger partial charge in [0.25, 0.3) is 5.91 Å². The predicted octanol–water partition coefficient (Wildman–Crippen LogP) is 3.80. The fourth-order valence-corrected chi connectivity index (χ4v) is 5.37. The third-order valence-electron chi connectivity index (χ3n) is 6.51. The van der Waals surface area contributed by atoms with Crippen molar-refractivity contribution in [2.24, 2.45) is 0 Å². The highest BCUT2D eigenvalue weighted by atomic mass is 32.2. The van der Waals surface area contributed by atoms with Gasteiger partial charge in [-0.1, -0.05) is 12.1 Å². The van der Waals surface area contributed by atoms with Crippen LogP contribution in [0.15, 0.2) is 60.9 Å². The van der Waals surface area contributed by atoms with Crippen LogP contribution in [-0.4, -0.2) is 74.5 Å². The largest absolute Gasteiger partial charge is 0.506 e. The summed E-state index contributed by atoms with van der Waals surface area (Å²) in [5.74, 6) is -1.36. The third kappa shape index (κ3) is 7.85. The molecular weight excluding hydrogens is 549 g/mol. The molecule has 0 unspecified atom stereocenters. The Morgan fingerprint density at radius 1 is 1.02 bits per heavy atom. The summed E-state index contributed by atoms with van der Waals surface area (Å²) in [5, 5.41) is 9.72. The maximum absolute atomic E-state index is 12.3. The fourth-order valence-electron chi connectivity index (χ4n) is 4.37. The molecule has 3 aromatic rings. The van der Waals surface area contributed by atoms with E-state index < -0.39 is 34.3 Å². The molecule has 40 heavy (non-hydrogen) atoms. The van der Waals surface area contributed by atoms with E-state index in [2.05, 4.69) is 14.8 Å². The van der Waals surface area contributed by atoms with Crippen LogP contribution in [0.25, 0.3) is 11.1 Å². The number of carbonyl (C=O) groups is 1. The molecule has 1 fully saturated rings. The lowest BCUT2D eigenvalue weighted by Gasteiger charge is -2.36. The smallest absolute Gasteiger partial charge is 0.390 e. The lowest BCUT2D eigenvalue weighted by atomic mass is 10.0. The number of amides is 1. The zero-order valence-electron chi connectivity index (χ0n) is 21.7. The molecule has 4 rings (SSSR count). The second-order valence-electron chi connectivity index (χ2n) is 9.38. The predicted molar refractivity (Wildman–Crippen MR) is 144 cm³/mol. The molecule has 0 radical (unpaired) electrons. The van der Waals surface area contributed by atoms with Gasteiger partial charge in [0.1, 0.15) is 11.5 Å². The number of alkyl halides is 3. The molecule has 2 aromatic carbocycles. The number of piperazine rings is 1. The van der Waals surface area contributed by atoms with Crippen LogP contribution in [-0.2, 0) is 16.6 Å². The van der Waals surface area contributed by atoms with E-state index in [1.54, 1.807) is 36.2 Å². The number of hydrogen-bond acceptors (Lipinski definition) is 8. The van der Waals surface area contributed by atoms with Crippen LogP contribution < -0.4 is 14.4 Å². The second-order valence-corrected chi connectivity index (χ2v) is 11.2. The highest BCUT2D eigenvalue weighted by Gasteiger charge is 2.30. The van der Waals surface area contributed by atoms with Gasteiger partial charge in [-0.3, -0.25) is 14.7 Å². The normalized spacial score (nSPS) is 14.7. The minimum Gasteiger partial charge on any atom is -0.506 e. The molecule has 2 heterocycles. The number of anilines is 1. The first-order valence-electron chi connectivity index (χ1n) is 12.4. The van der Waals surface area contributed by atoms with Crippen molar-refractivity contribution in [1.29, 1.82) is 0 Å². The van der Waals surface area contributed by atoms with Crippen molar-refractivity contribution in [3.05, 3.63) is 72.1 Å². The van der Waals surface area contributed by atoms with Gasteiger partial charge in [-0.2, -0.15) is 13.2 Å². The molecule has 1 aliphatic heterocycles. The van der Waals surface area contributed by atoms with E-state index in [0.717, 1.165) is 41.2 Å². The minimum atomic E-state index is -4.63. The van der Waals surface area contributed by atoms with Crippen LogP contribution in [0.3, 0.4) is 0 Å². The molecular formula is C27H29F3N4O5S. The van der Waals surface area contributed by atoms with E-state index in [1.807, 2.05) is 18.2 Å². The van der Waals surface area contributed by atoms with E-state index in [4.69, 9.17) is 4.74 Å². The van der Waals surface area contributed by atoms with Crippen molar-refractivity contribution >= 4 is 21.6 Å². The Labute approximate surface area is 230 Å². The molecule has 2 N–H and O–H groups in total. The Morgan fingerprint density at radius 3 is 2.35 bits per heavy atom. The summed E-state index contributed by atoms with van der Waals surface area (Å²) in [4.78, 5) is 20.7. The van der Waals surface area contributed by atoms with Gasteiger partial charge in [0.2, 0.25) is 10.0 Å². The summed E-state index contributed by atoms with van der Waals surface area (Å²) >= 11 is 0. The SMILES string of the molecule is COc1cc(-c2cncc(O)c2)ccc1CN1CCN(c2ccc(C(=O)NS(=O)(=O)CCC(F)(F)F)cc2)CC1. The minimum absolute atomic E-state index is 0.0370. The van der Waals surface area contributed by atoms with E-state index >= 15 is 0 Å². The first-order valence-corrected chi connectivity index (χ1v) is 14.1. The van der Waals surface area contributed by atoms with Gasteiger partial charge in [0, 0.05) is 61.3 Å². The van der Waals surface area contributed by atoms with Crippen LogP contribution in [0.2, 0.25) is 0 Å². The molecule has 0 bridgehead atoms. The number of nitrogens with zero attached hydrogens (tertiary/aromatic N) is 3. The summed E-state index contributed by atoms with van der Waals surface area (Å²) in [6, 6.07) is 13.8. The number of nitrogens with one attached hydrogen (secondary N) is 1. The fraction of sp³-hybridized carbons (Fsp3) is 0.333. The van der Waals surface area contributed by atoms with Crippen molar-refractivity contribution in [1.82, 2.24) is 14.6 Å². The number of aromatic nitrogens is 1. The Balaban J connectivity index is 1.32. The molecule has 0 atom stereocenters. The van der Waals surface area contributed by atoms with Gasteiger partial charge in [-0.05, 0) is 42.0 Å². The first-order chi connectivity index (χ1) is 18.9. The van der Waals surface area contributed by atoms with E-state index in [0.29, 0.717) is 19.6 Å². The average Bonchev–Trinajstić information content (AvgIpc) is 2.92. The van der Waals surface area contributed by atoms with Crippen LogP contribution in [0, 0.1) is 0 Å². The quantitative estimate of drug-likeness (QED) is 0.395. The highest BCUT2D eigenvalue weighted by Crippen LogP contribution is 2.30. The zero-order chi connectivity index (χ0) is 28.9. The molecule has 0 saturated carbocycles. The van der Waals surface area contributed by atoms with Gasteiger partial charge in [-0.25, -0.2) is 13.1 Å². The summed E-state index contributed by atoms with van der Waals surface area (Å²) in [6.07, 6.45) is -3.12. The molecule has 0 aliphatic carbocycles. The molecule has 214 valence electrons. The lowest BCUT2D eigenvalue weighted by Crippen LogP contribution is -2.46. The highest BCUT2D eigenvalue weighted by molar-refractivity contribution is 7.90. The summed E-state index contributed by atoms with van der Waals surface area (Å²) < 4.78 is 67.9. The third-order valence-corrected chi connectivity index (χ3v) is 7.75. The summed E-state index contributed by atoms with van der Waals surface area (Å²) in [7, 11) is -2.79. The van der Waals surface area contributed by atoms with E-state index in [9.17, 15) is 31.5 Å². The maximum Gasteiger partial charge on any atom is 0.390 e. The van der Waals surface area contributed by atoms with Crippen molar-refractivity contribution in [2.75, 3.05) is 43.9 Å².